The van der Waals surface area contributed by atoms with Crippen LogP contribution in [0.5, 0.6) is 0 Å². The molecule has 0 atom stereocenters. The third kappa shape index (κ3) is 4.21. The predicted octanol–water partition coefficient (Wildman–Crippen LogP) is 4.97. The van der Waals surface area contributed by atoms with Crippen molar-refractivity contribution in [2.45, 2.75) is 31.5 Å². The second kappa shape index (κ2) is 9.04. The molecule has 0 bridgehead atoms. The maximum absolute atomic E-state index is 13.1. The molecular weight excluding hydrogens is 420 g/mol. The summed E-state index contributed by atoms with van der Waals surface area (Å²) in [5.74, 6) is 1.98. The number of aromatic nitrogens is 3. The Kier molecular flexibility index (Phi) is 5.81. The molecule has 0 N–H and O–H groups in total. The van der Waals surface area contributed by atoms with Crippen molar-refractivity contribution in [1.29, 1.82) is 0 Å². The molecule has 1 aliphatic heterocycles. The van der Waals surface area contributed by atoms with Crippen LogP contribution in [0, 0.1) is 6.92 Å². The third-order valence-electron chi connectivity index (χ3n) is 5.62. The molecular formula is C25H24N4O2S. The first-order chi connectivity index (χ1) is 15.7. The van der Waals surface area contributed by atoms with Crippen LogP contribution in [0.3, 0.4) is 0 Å². The van der Waals surface area contributed by atoms with Crippen molar-refractivity contribution in [2.75, 3.05) is 17.2 Å². The Balaban J connectivity index is 1.40. The number of fused-ring (bicyclic) bond motifs is 1. The van der Waals surface area contributed by atoms with Gasteiger partial charge in [-0.05, 0) is 49.6 Å². The molecule has 2 aromatic heterocycles. The average molecular weight is 445 g/mol. The Morgan fingerprint density at radius 3 is 2.84 bits per heavy atom. The number of amides is 1. The van der Waals surface area contributed by atoms with Crippen molar-refractivity contribution in [3.05, 3.63) is 83.8 Å². The van der Waals surface area contributed by atoms with Gasteiger partial charge in [0.25, 0.3) is 0 Å². The zero-order valence-electron chi connectivity index (χ0n) is 17.9. The van der Waals surface area contributed by atoms with E-state index >= 15 is 0 Å². The van der Waals surface area contributed by atoms with Gasteiger partial charge >= 0.3 is 0 Å². The zero-order chi connectivity index (χ0) is 21.9. The highest BCUT2D eigenvalue weighted by atomic mass is 32.2. The molecule has 0 fully saturated rings. The quantitative estimate of drug-likeness (QED) is 0.393. The van der Waals surface area contributed by atoms with Gasteiger partial charge in [-0.3, -0.25) is 9.36 Å². The summed E-state index contributed by atoms with van der Waals surface area (Å²) in [6, 6.07) is 20.2. The molecule has 0 spiro atoms. The highest BCUT2D eigenvalue weighted by molar-refractivity contribution is 7.99. The standard InChI is InChI=1S/C25H24N4O2S/c1-18-7-4-9-20(15-18)24-26-27-25(29(24)16-21-11-6-14-31-21)32-17-23(30)28-13-5-10-19-8-2-3-12-22(19)28/h2-4,6-9,11-12,14-15H,5,10,13,16-17H2,1H3. The lowest BCUT2D eigenvalue weighted by Gasteiger charge is -2.29. The molecule has 6 nitrogen and oxygen atoms in total. The van der Waals surface area contributed by atoms with Crippen molar-refractivity contribution in [1.82, 2.24) is 14.8 Å². The zero-order valence-corrected chi connectivity index (χ0v) is 18.7. The summed E-state index contributed by atoms with van der Waals surface area (Å²) in [6.45, 7) is 3.32. The molecule has 0 radical (unpaired) electrons. The highest BCUT2D eigenvalue weighted by Gasteiger charge is 2.23. The molecule has 2 aromatic carbocycles. The first kappa shape index (κ1) is 20.6. The van der Waals surface area contributed by atoms with Gasteiger partial charge in [-0.2, -0.15) is 0 Å². The highest BCUT2D eigenvalue weighted by Crippen LogP contribution is 2.29. The minimum absolute atomic E-state index is 0.0896. The van der Waals surface area contributed by atoms with Crippen LogP contribution in [0.4, 0.5) is 5.69 Å². The molecule has 32 heavy (non-hydrogen) atoms. The van der Waals surface area contributed by atoms with Gasteiger partial charge in [0.05, 0.1) is 18.6 Å². The maximum atomic E-state index is 13.1. The number of hydrogen-bond donors (Lipinski definition) is 0. The van der Waals surface area contributed by atoms with E-state index in [0.29, 0.717) is 17.5 Å². The number of carbonyl (C=O) groups is 1. The number of hydrogen-bond acceptors (Lipinski definition) is 5. The van der Waals surface area contributed by atoms with Crippen LogP contribution in [0.2, 0.25) is 0 Å². The number of rotatable bonds is 6. The summed E-state index contributed by atoms with van der Waals surface area (Å²) in [6.07, 6.45) is 3.67. The van der Waals surface area contributed by atoms with Crippen LogP contribution in [0.1, 0.15) is 23.3 Å². The number of aryl methyl sites for hydroxylation is 2. The summed E-state index contributed by atoms with van der Waals surface area (Å²) >= 11 is 1.42. The van der Waals surface area contributed by atoms with Crippen LogP contribution < -0.4 is 4.90 Å². The molecule has 4 aromatic rings. The van der Waals surface area contributed by atoms with E-state index < -0.39 is 0 Å². The maximum Gasteiger partial charge on any atom is 0.237 e. The van der Waals surface area contributed by atoms with E-state index in [1.54, 1.807) is 6.26 Å². The van der Waals surface area contributed by atoms with E-state index in [4.69, 9.17) is 4.42 Å². The molecule has 0 aliphatic carbocycles. The summed E-state index contributed by atoms with van der Waals surface area (Å²) in [7, 11) is 0. The van der Waals surface area contributed by atoms with Gasteiger partial charge in [0.1, 0.15) is 5.76 Å². The number of thioether (sulfide) groups is 1. The van der Waals surface area contributed by atoms with E-state index in [2.05, 4.69) is 35.3 Å². The summed E-state index contributed by atoms with van der Waals surface area (Å²) in [4.78, 5) is 15.0. The van der Waals surface area contributed by atoms with Gasteiger partial charge in [-0.25, -0.2) is 0 Å². The van der Waals surface area contributed by atoms with Crippen molar-refractivity contribution in [3.63, 3.8) is 0 Å². The average Bonchev–Trinajstić information content (AvgIpc) is 3.47. The van der Waals surface area contributed by atoms with Gasteiger partial charge in [0.15, 0.2) is 11.0 Å². The molecule has 1 aliphatic rings. The number of benzene rings is 2. The second-order valence-electron chi connectivity index (χ2n) is 7.91. The Morgan fingerprint density at radius 2 is 2.00 bits per heavy atom. The van der Waals surface area contributed by atoms with E-state index in [-0.39, 0.29) is 5.91 Å². The minimum Gasteiger partial charge on any atom is -0.467 e. The number of nitrogens with zero attached hydrogens (tertiary/aromatic N) is 4. The fraction of sp³-hybridized carbons (Fsp3) is 0.240. The first-order valence-electron chi connectivity index (χ1n) is 10.7. The fourth-order valence-corrected chi connectivity index (χ4v) is 4.90. The smallest absolute Gasteiger partial charge is 0.237 e. The monoisotopic (exact) mass is 444 g/mol. The molecule has 0 saturated heterocycles. The summed E-state index contributed by atoms with van der Waals surface area (Å²) < 4.78 is 7.60. The SMILES string of the molecule is Cc1cccc(-c2nnc(SCC(=O)N3CCCc4ccccc43)n2Cc2ccco2)c1. The van der Waals surface area contributed by atoms with E-state index in [0.717, 1.165) is 47.8 Å². The molecule has 162 valence electrons. The number of para-hydroxylation sites is 1. The Hall–Kier alpha value is -3.32. The van der Waals surface area contributed by atoms with Crippen molar-refractivity contribution < 1.29 is 9.21 Å². The van der Waals surface area contributed by atoms with Crippen LogP contribution >= 0.6 is 11.8 Å². The minimum atomic E-state index is 0.0896. The van der Waals surface area contributed by atoms with Crippen molar-refractivity contribution >= 4 is 23.4 Å². The molecule has 0 saturated carbocycles. The Bertz CT molecular complexity index is 1230. The summed E-state index contributed by atoms with van der Waals surface area (Å²) in [5.41, 5.74) is 4.41. The number of carbonyl (C=O) groups excluding carboxylic acids is 1. The molecule has 1 amide bonds. The predicted molar refractivity (Wildman–Crippen MR) is 126 cm³/mol. The van der Waals surface area contributed by atoms with Crippen LogP contribution in [0.25, 0.3) is 11.4 Å². The molecule has 7 heteroatoms. The van der Waals surface area contributed by atoms with Crippen molar-refractivity contribution in [2.24, 2.45) is 0 Å². The largest absolute Gasteiger partial charge is 0.467 e. The Labute approximate surface area is 191 Å². The molecule has 0 unspecified atom stereocenters. The van der Waals surface area contributed by atoms with Crippen LogP contribution in [-0.2, 0) is 17.8 Å². The second-order valence-corrected chi connectivity index (χ2v) is 8.85. The lowest BCUT2D eigenvalue weighted by molar-refractivity contribution is -0.116. The topological polar surface area (TPSA) is 64.2 Å². The fourth-order valence-electron chi connectivity index (χ4n) is 4.09. The van der Waals surface area contributed by atoms with Gasteiger partial charge in [0.2, 0.25) is 5.91 Å². The van der Waals surface area contributed by atoms with Crippen molar-refractivity contribution in [3.8, 4) is 11.4 Å². The lowest BCUT2D eigenvalue weighted by atomic mass is 10.0. The number of furan rings is 1. The summed E-state index contributed by atoms with van der Waals surface area (Å²) in [5, 5.41) is 9.59. The van der Waals surface area contributed by atoms with Gasteiger partial charge in [-0.15, -0.1) is 10.2 Å². The molecule has 3 heterocycles. The van der Waals surface area contributed by atoms with Crippen LogP contribution in [0.15, 0.2) is 76.5 Å². The van der Waals surface area contributed by atoms with Gasteiger partial charge < -0.3 is 9.32 Å². The van der Waals surface area contributed by atoms with Gasteiger partial charge in [0, 0.05) is 17.8 Å². The van der Waals surface area contributed by atoms with Gasteiger partial charge in [-0.1, -0.05) is 53.7 Å². The lowest BCUT2D eigenvalue weighted by Crippen LogP contribution is -2.36. The Morgan fingerprint density at radius 1 is 1.09 bits per heavy atom. The first-order valence-corrected chi connectivity index (χ1v) is 11.7. The molecule has 5 rings (SSSR count). The van der Waals surface area contributed by atoms with Crippen LogP contribution in [-0.4, -0.2) is 33.0 Å². The normalized spacial score (nSPS) is 13.2. The van der Waals surface area contributed by atoms with E-state index in [1.165, 1.54) is 17.3 Å². The number of anilines is 1. The van der Waals surface area contributed by atoms with E-state index in [9.17, 15) is 4.79 Å². The van der Waals surface area contributed by atoms with E-state index in [1.807, 2.05) is 51.9 Å². The third-order valence-corrected chi connectivity index (χ3v) is 6.57.